The molecule has 23 heavy (non-hydrogen) atoms. The van der Waals surface area contributed by atoms with Crippen LogP contribution in [0.4, 0.5) is 0 Å². The fourth-order valence-electron chi connectivity index (χ4n) is 2.84. The molecule has 4 heteroatoms. The minimum absolute atomic E-state index is 0.221. The number of rotatable bonds is 9. The molecule has 1 aromatic rings. The lowest BCUT2D eigenvalue weighted by Crippen LogP contribution is -2.48. The van der Waals surface area contributed by atoms with Gasteiger partial charge in [-0.2, -0.15) is 0 Å². The Balaban J connectivity index is 2.77. The fourth-order valence-corrected chi connectivity index (χ4v) is 5.62. The topological polar surface area (TPSA) is 23.5 Å². The second kappa shape index (κ2) is 8.61. The average Bonchev–Trinajstić information content (AvgIpc) is 2.42. The van der Waals surface area contributed by atoms with Crippen LogP contribution in [0.1, 0.15) is 18.9 Å². The quantitative estimate of drug-likeness (QED) is 0.643. The summed E-state index contributed by atoms with van der Waals surface area (Å²) in [5, 5.41) is 10.7. The number of aliphatic hydroxyl groups is 1. The van der Waals surface area contributed by atoms with Gasteiger partial charge in [0.2, 0.25) is 0 Å². The molecule has 0 spiro atoms. The summed E-state index contributed by atoms with van der Waals surface area (Å²) in [5.74, 6) is 0. The molecule has 0 bridgehead atoms. The molecule has 1 rings (SSSR count). The molecule has 0 amide bonds. The van der Waals surface area contributed by atoms with E-state index < -0.39 is 16.1 Å². The summed E-state index contributed by atoms with van der Waals surface area (Å²) >= 11 is 0. The number of hydrogen-bond donors (Lipinski definition) is 1. The Bertz CT molecular complexity index is 451. The highest BCUT2D eigenvalue weighted by Gasteiger charge is 2.27. The molecule has 0 fully saturated rings. The van der Waals surface area contributed by atoms with Gasteiger partial charge in [-0.15, -0.1) is 0 Å². The van der Waals surface area contributed by atoms with Crippen molar-refractivity contribution in [3.63, 3.8) is 0 Å². The van der Waals surface area contributed by atoms with Crippen molar-refractivity contribution in [3.05, 3.63) is 35.9 Å². The van der Waals surface area contributed by atoms with Crippen LogP contribution in [-0.4, -0.2) is 44.5 Å². The second-order valence-electron chi connectivity index (χ2n) is 9.36. The van der Waals surface area contributed by atoms with Gasteiger partial charge in [0.15, 0.2) is 0 Å². The highest BCUT2D eigenvalue weighted by atomic mass is 28.3. The van der Waals surface area contributed by atoms with E-state index in [2.05, 4.69) is 81.4 Å². The lowest BCUT2D eigenvalue weighted by Gasteiger charge is -2.37. The second-order valence-corrected chi connectivity index (χ2v) is 20.4. The first-order chi connectivity index (χ1) is 10.5. The maximum Gasteiger partial charge on any atom is 0.0690 e. The van der Waals surface area contributed by atoms with Crippen molar-refractivity contribution in [3.8, 4) is 0 Å². The zero-order valence-corrected chi connectivity index (χ0v) is 18.3. The van der Waals surface area contributed by atoms with Gasteiger partial charge in [-0.1, -0.05) is 75.7 Å². The summed E-state index contributed by atoms with van der Waals surface area (Å²) in [5.41, 5.74) is 1.34. The molecule has 2 nitrogen and oxygen atoms in total. The van der Waals surface area contributed by atoms with Crippen molar-refractivity contribution >= 4 is 16.1 Å². The van der Waals surface area contributed by atoms with E-state index in [-0.39, 0.29) is 12.1 Å². The molecule has 0 saturated carbocycles. The Hall–Kier alpha value is -0.426. The normalized spacial score (nSPS) is 15.7. The minimum atomic E-state index is -1.22. The monoisotopic (exact) mass is 351 g/mol. The average molecular weight is 352 g/mol. The molecule has 0 aliphatic heterocycles. The van der Waals surface area contributed by atoms with Gasteiger partial charge < -0.3 is 5.11 Å². The molecular weight excluding hydrogens is 314 g/mol. The number of hydrogen-bond acceptors (Lipinski definition) is 2. The van der Waals surface area contributed by atoms with Gasteiger partial charge in [0, 0.05) is 20.7 Å². The maximum absolute atomic E-state index is 10.7. The molecule has 1 N–H and O–H groups in total. The Kier molecular flexibility index (Phi) is 7.72. The van der Waals surface area contributed by atoms with Crippen LogP contribution in [0.3, 0.4) is 0 Å². The van der Waals surface area contributed by atoms with Gasteiger partial charge in [0.1, 0.15) is 0 Å². The first kappa shape index (κ1) is 20.6. The lowest BCUT2D eigenvalue weighted by molar-refractivity contribution is 0.0605. The fraction of sp³-hybridized carbons (Fsp3) is 0.684. The lowest BCUT2D eigenvalue weighted by atomic mass is 10.1. The molecular formula is C19H37NOSi2. The summed E-state index contributed by atoms with van der Waals surface area (Å²) in [4.78, 5) is 2.51. The van der Waals surface area contributed by atoms with Gasteiger partial charge in [0.25, 0.3) is 0 Å². The maximum atomic E-state index is 10.7. The summed E-state index contributed by atoms with van der Waals surface area (Å²) in [7, 11) is -2.31. The molecule has 0 aliphatic rings. The van der Waals surface area contributed by atoms with Crippen LogP contribution in [0.5, 0.6) is 0 Å². The van der Waals surface area contributed by atoms with E-state index in [9.17, 15) is 5.11 Å². The molecule has 0 heterocycles. The number of benzene rings is 1. The molecule has 0 radical (unpaired) electrons. The van der Waals surface area contributed by atoms with E-state index in [0.717, 1.165) is 19.1 Å². The number of nitrogens with zero attached hydrogens (tertiary/aromatic N) is 1. The molecule has 1 aromatic carbocycles. The van der Waals surface area contributed by atoms with Crippen molar-refractivity contribution in [1.29, 1.82) is 0 Å². The molecule has 0 aromatic heterocycles. The van der Waals surface area contributed by atoms with Crippen molar-refractivity contribution in [1.82, 2.24) is 4.90 Å². The third-order valence-corrected chi connectivity index (χ3v) is 7.37. The van der Waals surface area contributed by atoms with Crippen LogP contribution >= 0.6 is 0 Å². The van der Waals surface area contributed by atoms with Gasteiger partial charge in [0.05, 0.1) is 14.2 Å². The van der Waals surface area contributed by atoms with Crippen molar-refractivity contribution < 1.29 is 5.11 Å². The van der Waals surface area contributed by atoms with E-state index in [0.29, 0.717) is 0 Å². The van der Waals surface area contributed by atoms with E-state index in [1.807, 2.05) is 0 Å². The third-order valence-electron chi connectivity index (χ3n) is 4.23. The first-order valence-corrected chi connectivity index (χ1v) is 16.4. The summed E-state index contributed by atoms with van der Waals surface area (Å²) < 4.78 is 0. The zero-order valence-electron chi connectivity index (χ0n) is 16.3. The SMILES string of the molecule is C[C@@H]([C@H](O)CC[Si](C)(C)C)N(Cc1ccccc1)C[Si](C)(C)C. The van der Waals surface area contributed by atoms with Gasteiger partial charge >= 0.3 is 0 Å². The van der Waals surface area contributed by atoms with E-state index in [1.54, 1.807) is 0 Å². The summed E-state index contributed by atoms with van der Waals surface area (Å²) in [6.07, 6.45) is 1.85. The predicted octanol–water partition coefficient (Wildman–Crippen LogP) is 4.84. The Morgan fingerprint density at radius 2 is 1.52 bits per heavy atom. The largest absolute Gasteiger partial charge is 0.392 e. The van der Waals surface area contributed by atoms with E-state index >= 15 is 0 Å². The van der Waals surface area contributed by atoms with Crippen LogP contribution < -0.4 is 0 Å². The Morgan fingerprint density at radius 1 is 0.957 bits per heavy atom. The van der Waals surface area contributed by atoms with Crippen LogP contribution in [-0.2, 0) is 6.54 Å². The van der Waals surface area contributed by atoms with Gasteiger partial charge in [-0.05, 0) is 25.1 Å². The van der Waals surface area contributed by atoms with Crippen molar-refractivity contribution in [2.75, 3.05) is 6.17 Å². The highest BCUT2D eigenvalue weighted by Crippen LogP contribution is 2.20. The molecule has 2 atom stereocenters. The van der Waals surface area contributed by atoms with Gasteiger partial charge in [-0.25, -0.2) is 0 Å². The third kappa shape index (κ3) is 8.84. The van der Waals surface area contributed by atoms with Crippen LogP contribution in [0.15, 0.2) is 30.3 Å². The van der Waals surface area contributed by atoms with Crippen molar-refractivity contribution in [2.45, 2.75) is 77.4 Å². The van der Waals surface area contributed by atoms with Gasteiger partial charge in [-0.3, -0.25) is 4.90 Å². The standard InChI is InChI=1S/C19H37NOSi2/c1-17(19(21)13-14-22(2,3)4)20(16-23(5,6)7)15-18-11-9-8-10-12-18/h8-12,17,19,21H,13-16H2,1-7H3/t17-,19+/m0/s1. The zero-order chi connectivity index (χ0) is 17.7. The molecule has 0 aliphatic carbocycles. The Morgan fingerprint density at radius 3 is 2.00 bits per heavy atom. The van der Waals surface area contributed by atoms with Crippen LogP contribution in [0.2, 0.25) is 45.3 Å². The van der Waals surface area contributed by atoms with E-state index in [1.165, 1.54) is 11.6 Å². The smallest absolute Gasteiger partial charge is 0.0690 e. The highest BCUT2D eigenvalue weighted by molar-refractivity contribution is 6.76. The predicted molar refractivity (Wildman–Crippen MR) is 108 cm³/mol. The Labute approximate surface area is 145 Å². The van der Waals surface area contributed by atoms with Crippen LogP contribution in [0, 0.1) is 0 Å². The van der Waals surface area contributed by atoms with E-state index in [4.69, 9.17) is 0 Å². The summed E-state index contributed by atoms with van der Waals surface area (Å²) in [6, 6.07) is 12.1. The molecule has 0 unspecified atom stereocenters. The molecule has 0 saturated heterocycles. The van der Waals surface area contributed by atoms with Crippen LogP contribution in [0.25, 0.3) is 0 Å². The first-order valence-electron chi connectivity index (χ1n) is 8.94. The summed E-state index contributed by atoms with van der Waals surface area (Å²) in [6.45, 7) is 17.5. The van der Waals surface area contributed by atoms with Crippen molar-refractivity contribution in [2.24, 2.45) is 0 Å². The molecule has 132 valence electrons. The minimum Gasteiger partial charge on any atom is -0.392 e. The number of aliphatic hydroxyl groups excluding tert-OH is 1.